The van der Waals surface area contributed by atoms with E-state index >= 15 is 0 Å². The summed E-state index contributed by atoms with van der Waals surface area (Å²) in [6.45, 7) is 3.82. The number of aliphatic carboxylic acids is 1. The van der Waals surface area contributed by atoms with E-state index in [2.05, 4.69) is 5.32 Å². The highest BCUT2D eigenvalue weighted by atomic mass is 35.5. The molecule has 6 nitrogen and oxygen atoms in total. The lowest BCUT2D eigenvalue weighted by Crippen LogP contribution is -2.39. The predicted octanol–water partition coefficient (Wildman–Crippen LogP) is 4.96. The number of carboxylic acid groups (broad SMARTS) is 1. The van der Waals surface area contributed by atoms with Gasteiger partial charge in [-0.05, 0) is 48.6 Å². The molecule has 0 radical (unpaired) electrons. The number of carboxylic acids is 1. The van der Waals surface area contributed by atoms with E-state index < -0.39 is 11.9 Å². The first-order valence-electron chi connectivity index (χ1n) is 11.2. The molecule has 178 valence electrons. The van der Waals surface area contributed by atoms with Gasteiger partial charge in [-0.2, -0.15) is 0 Å². The molecule has 0 unspecified atom stereocenters. The fourth-order valence-electron chi connectivity index (χ4n) is 3.89. The molecule has 0 saturated carbocycles. The number of benzene rings is 2. The molecule has 0 heterocycles. The number of nitrogens with one attached hydrogen (secondary N) is 1. The van der Waals surface area contributed by atoms with Crippen LogP contribution in [0, 0.1) is 5.92 Å². The van der Waals surface area contributed by atoms with Crippen molar-refractivity contribution in [2.75, 3.05) is 6.61 Å². The summed E-state index contributed by atoms with van der Waals surface area (Å²) in [6.07, 6.45) is 3.97. The summed E-state index contributed by atoms with van der Waals surface area (Å²) in [7, 11) is 0. The summed E-state index contributed by atoms with van der Waals surface area (Å²) in [5, 5.41) is 12.8. The van der Waals surface area contributed by atoms with Crippen molar-refractivity contribution in [3.05, 3.63) is 82.4 Å². The van der Waals surface area contributed by atoms with Crippen molar-refractivity contribution in [2.45, 2.75) is 39.2 Å². The number of hydrogen-bond acceptors (Lipinski definition) is 4. The van der Waals surface area contributed by atoms with Gasteiger partial charge in [-0.15, -0.1) is 0 Å². The molecule has 1 aliphatic rings. The number of halogens is 1. The van der Waals surface area contributed by atoms with Gasteiger partial charge < -0.3 is 15.2 Å². The quantitative estimate of drug-likeness (QED) is 0.467. The molecule has 0 saturated heterocycles. The second-order valence-corrected chi connectivity index (χ2v) is 8.77. The average Bonchev–Trinajstić information content (AvgIpc) is 3.31. The summed E-state index contributed by atoms with van der Waals surface area (Å²) >= 11 is 6.10. The van der Waals surface area contributed by atoms with Gasteiger partial charge in [0.05, 0.1) is 12.5 Å². The van der Waals surface area contributed by atoms with Crippen LogP contribution in [0.3, 0.4) is 0 Å². The summed E-state index contributed by atoms with van der Waals surface area (Å²) in [5.41, 5.74) is 3.60. The first-order valence-corrected chi connectivity index (χ1v) is 11.6. The van der Waals surface area contributed by atoms with Crippen molar-refractivity contribution in [1.29, 1.82) is 0 Å². The lowest BCUT2D eigenvalue weighted by atomic mass is 9.94. The van der Waals surface area contributed by atoms with Crippen LogP contribution in [-0.2, 0) is 25.5 Å². The van der Waals surface area contributed by atoms with Crippen LogP contribution < -0.4 is 5.32 Å². The molecule has 7 heteroatoms. The Morgan fingerprint density at radius 2 is 1.76 bits per heavy atom. The van der Waals surface area contributed by atoms with Crippen molar-refractivity contribution in [3.8, 4) is 11.1 Å². The Morgan fingerprint density at radius 3 is 2.38 bits per heavy atom. The van der Waals surface area contributed by atoms with Gasteiger partial charge in [0.15, 0.2) is 0 Å². The second-order valence-electron chi connectivity index (χ2n) is 8.34. The highest BCUT2D eigenvalue weighted by Crippen LogP contribution is 2.24. The summed E-state index contributed by atoms with van der Waals surface area (Å²) < 4.78 is 5.13. The molecule has 2 aromatic carbocycles. The van der Waals surface area contributed by atoms with Crippen LogP contribution in [0.25, 0.3) is 11.1 Å². The molecular weight excluding hydrogens is 454 g/mol. The molecule has 1 aliphatic carbocycles. The largest absolute Gasteiger partial charge is 0.478 e. The molecule has 2 N–H and O–H groups in total. The lowest BCUT2D eigenvalue weighted by Gasteiger charge is -2.22. The molecule has 0 bridgehead atoms. The standard InChI is InChI=1S/C27H28ClNO5/c1-3-34-27(33)17(2)13-24(29-25(30)21-11-12-22(15-21)26(31)32)14-18-7-9-19(10-8-18)20-5-4-6-23(28)16-20/h4-12,16-17,24H,3,13-15H2,1-2H3,(H,29,30)(H,31,32)/t17-,24+/m1/s1. The number of allylic oxidation sites excluding steroid dienone is 2. The third kappa shape index (κ3) is 6.81. The van der Waals surface area contributed by atoms with Crippen LogP contribution in [0.4, 0.5) is 0 Å². The van der Waals surface area contributed by atoms with E-state index in [1.165, 1.54) is 12.2 Å². The first-order chi connectivity index (χ1) is 16.3. The third-order valence-corrected chi connectivity index (χ3v) is 5.92. The van der Waals surface area contributed by atoms with Crippen LogP contribution in [0.5, 0.6) is 0 Å². The van der Waals surface area contributed by atoms with E-state index in [9.17, 15) is 14.4 Å². The fourth-order valence-corrected chi connectivity index (χ4v) is 4.08. The van der Waals surface area contributed by atoms with Gasteiger partial charge in [0.25, 0.3) is 0 Å². The Morgan fingerprint density at radius 1 is 1.06 bits per heavy atom. The van der Waals surface area contributed by atoms with Crippen molar-refractivity contribution in [2.24, 2.45) is 5.92 Å². The first kappa shape index (κ1) is 25.2. The molecule has 1 amide bonds. The van der Waals surface area contributed by atoms with E-state index in [0.29, 0.717) is 30.0 Å². The Hall–Kier alpha value is -3.38. The second kappa shape index (κ2) is 11.7. The van der Waals surface area contributed by atoms with Crippen LogP contribution in [0.1, 0.15) is 32.3 Å². The summed E-state index contributed by atoms with van der Waals surface area (Å²) in [4.78, 5) is 36.2. The molecule has 0 aliphatic heterocycles. The van der Waals surface area contributed by atoms with Crippen molar-refractivity contribution < 1.29 is 24.2 Å². The SMILES string of the molecule is CCOC(=O)[C@H](C)C[C@@H](Cc1ccc(-c2cccc(Cl)c2)cc1)NC(=O)C1=CC=C(C(=O)O)C1. The van der Waals surface area contributed by atoms with Gasteiger partial charge in [-0.1, -0.05) is 67.1 Å². The maximum atomic E-state index is 12.8. The van der Waals surface area contributed by atoms with Crippen LogP contribution in [-0.4, -0.2) is 35.6 Å². The number of rotatable bonds is 10. The van der Waals surface area contributed by atoms with Gasteiger partial charge in [0, 0.05) is 28.6 Å². The van der Waals surface area contributed by atoms with Crippen molar-refractivity contribution >= 4 is 29.4 Å². The van der Waals surface area contributed by atoms with Gasteiger partial charge in [-0.25, -0.2) is 4.79 Å². The number of carbonyl (C=O) groups is 3. The summed E-state index contributed by atoms with van der Waals surface area (Å²) in [6, 6.07) is 15.2. The lowest BCUT2D eigenvalue weighted by molar-refractivity contribution is -0.148. The predicted molar refractivity (Wildman–Crippen MR) is 131 cm³/mol. The van der Waals surface area contributed by atoms with E-state index in [1.54, 1.807) is 13.8 Å². The number of ether oxygens (including phenoxy) is 1. The Labute approximate surface area is 204 Å². The number of amides is 1. The zero-order chi connectivity index (χ0) is 24.7. The van der Waals surface area contributed by atoms with Gasteiger partial charge >= 0.3 is 11.9 Å². The zero-order valence-electron chi connectivity index (χ0n) is 19.2. The molecular formula is C27H28ClNO5. The average molecular weight is 482 g/mol. The number of carbonyl (C=O) groups excluding carboxylic acids is 2. The smallest absolute Gasteiger partial charge is 0.331 e. The van der Waals surface area contributed by atoms with E-state index in [-0.39, 0.29) is 29.9 Å². The van der Waals surface area contributed by atoms with Gasteiger partial charge in [0.2, 0.25) is 5.91 Å². The van der Waals surface area contributed by atoms with Gasteiger partial charge in [0.1, 0.15) is 0 Å². The molecule has 2 aromatic rings. The Balaban J connectivity index is 1.72. The van der Waals surface area contributed by atoms with Crippen LogP contribution in [0.2, 0.25) is 5.02 Å². The maximum Gasteiger partial charge on any atom is 0.331 e. The van der Waals surface area contributed by atoms with E-state index in [1.807, 2.05) is 48.5 Å². The zero-order valence-corrected chi connectivity index (χ0v) is 20.0. The molecule has 0 aromatic heterocycles. The molecule has 34 heavy (non-hydrogen) atoms. The van der Waals surface area contributed by atoms with Gasteiger partial charge in [-0.3, -0.25) is 9.59 Å². The molecule has 0 fully saturated rings. The van der Waals surface area contributed by atoms with E-state index in [4.69, 9.17) is 21.4 Å². The van der Waals surface area contributed by atoms with E-state index in [0.717, 1.165) is 16.7 Å². The summed E-state index contributed by atoms with van der Waals surface area (Å²) in [5.74, 6) is -2.08. The Kier molecular flexibility index (Phi) is 8.66. The third-order valence-electron chi connectivity index (χ3n) is 5.69. The normalized spacial score (nSPS) is 14.6. The monoisotopic (exact) mass is 481 g/mol. The van der Waals surface area contributed by atoms with Crippen molar-refractivity contribution in [3.63, 3.8) is 0 Å². The Bertz CT molecular complexity index is 1120. The molecule has 0 spiro atoms. The number of esters is 1. The minimum Gasteiger partial charge on any atom is -0.478 e. The highest BCUT2D eigenvalue weighted by molar-refractivity contribution is 6.30. The van der Waals surface area contributed by atoms with Crippen molar-refractivity contribution in [1.82, 2.24) is 5.32 Å². The minimum atomic E-state index is -1.04. The highest BCUT2D eigenvalue weighted by Gasteiger charge is 2.25. The fraction of sp³-hybridized carbons (Fsp3) is 0.296. The van der Waals surface area contributed by atoms with Crippen LogP contribution in [0.15, 0.2) is 71.8 Å². The molecule has 3 rings (SSSR count). The molecule has 2 atom stereocenters. The van der Waals surface area contributed by atoms with Crippen LogP contribution >= 0.6 is 11.6 Å². The topological polar surface area (TPSA) is 92.7 Å². The maximum absolute atomic E-state index is 12.8. The number of hydrogen-bond donors (Lipinski definition) is 2. The minimum absolute atomic E-state index is 0.0790.